The van der Waals surface area contributed by atoms with E-state index in [9.17, 15) is 27.6 Å². The maximum Gasteiger partial charge on any atom is 0.452 e. The Morgan fingerprint density at radius 3 is 2.09 bits per heavy atom. The van der Waals surface area contributed by atoms with Crippen LogP contribution in [0.4, 0.5) is 18.0 Å². The van der Waals surface area contributed by atoms with Gasteiger partial charge in [0, 0.05) is 6.04 Å². The van der Waals surface area contributed by atoms with Crippen molar-refractivity contribution < 1.29 is 32.3 Å². The molecule has 34 heavy (non-hydrogen) atoms. The number of nitrogens with zero attached hydrogens (tertiary/aromatic N) is 1. The zero-order valence-corrected chi connectivity index (χ0v) is 19.0. The molecule has 0 spiro atoms. The zero-order valence-electron chi connectivity index (χ0n) is 19.0. The zero-order chi connectivity index (χ0) is 24.9. The average molecular weight is 476 g/mol. The predicted molar refractivity (Wildman–Crippen MR) is 119 cm³/mol. The summed E-state index contributed by atoms with van der Waals surface area (Å²) in [4.78, 5) is 38.7. The third-order valence-electron chi connectivity index (χ3n) is 5.77. The molecule has 0 radical (unpaired) electrons. The van der Waals surface area contributed by atoms with Crippen LogP contribution in [0.25, 0.3) is 0 Å². The molecule has 3 rings (SSSR count). The van der Waals surface area contributed by atoms with Gasteiger partial charge in [-0.05, 0) is 35.4 Å². The Labute approximate surface area is 196 Å². The summed E-state index contributed by atoms with van der Waals surface area (Å²) in [6.45, 7) is 2.28. The SMILES string of the molecule is CC(C)C(NC(=O)CN(C(=O)OCc1ccccc1)C1Cc2ccccc2C1)C(=O)C(F)(F)F. The standard InChI is InChI=1S/C25H27F3N2O4/c1-16(2)22(23(32)25(26,27)28)29-21(31)14-30(20-12-18-10-6-7-11-19(18)13-20)24(33)34-15-17-8-4-3-5-9-17/h3-11,16,20,22H,12-15H2,1-2H3,(H,29,31). The minimum atomic E-state index is -5.08. The van der Waals surface area contributed by atoms with Crippen LogP contribution in [0.2, 0.25) is 0 Å². The molecule has 0 aromatic heterocycles. The van der Waals surface area contributed by atoms with E-state index >= 15 is 0 Å². The van der Waals surface area contributed by atoms with Crippen LogP contribution in [-0.4, -0.2) is 47.5 Å². The van der Waals surface area contributed by atoms with Crippen molar-refractivity contribution in [3.05, 3.63) is 71.3 Å². The van der Waals surface area contributed by atoms with Crippen molar-refractivity contribution in [1.29, 1.82) is 0 Å². The molecular formula is C25H27F3N2O4. The molecule has 1 aliphatic rings. The molecule has 182 valence electrons. The average Bonchev–Trinajstić information content (AvgIpc) is 3.22. The van der Waals surface area contributed by atoms with Gasteiger partial charge in [0.2, 0.25) is 5.91 Å². The fraction of sp³-hybridized carbons (Fsp3) is 0.400. The monoisotopic (exact) mass is 476 g/mol. The van der Waals surface area contributed by atoms with Crippen molar-refractivity contribution in [2.24, 2.45) is 5.92 Å². The first-order chi connectivity index (χ1) is 16.1. The maximum atomic E-state index is 13.0. The van der Waals surface area contributed by atoms with E-state index in [0.717, 1.165) is 16.7 Å². The number of hydrogen-bond acceptors (Lipinski definition) is 4. The van der Waals surface area contributed by atoms with Gasteiger partial charge < -0.3 is 10.1 Å². The number of hydrogen-bond donors (Lipinski definition) is 1. The Morgan fingerprint density at radius 1 is 1.00 bits per heavy atom. The van der Waals surface area contributed by atoms with Gasteiger partial charge in [-0.3, -0.25) is 14.5 Å². The highest BCUT2D eigenvalue weighted by molar-refractivity contribution is 5.93. The number of ketones is 1. The Balaban J connectivity index is 1.74. The summed E-state index contributed by atoms with van der Waals surface area (Å²) >= 11 is 0. The van der Waals surface area contributed by atoms with Gasteiger partial charge in [-0.15, -0.1) is 0 Å². The molecule has 2 amide bonds. The highest BCUT2D eigenvalue weighted by atomic mass is 19.4. The van der Waals surface area contributed by atoms with Crippen LogP contribution >= 0.6 is 0 Å². The van der Waals surface area contributed by atoms with Gasteiger partial charge in [0.25, 0.3) is 5.78 Å². The van der Waals surface area contributed by atoms with E-state index < -0.39 is 48.5 Å². The van der Waals surface area contributed by atoms with Crippen molar-refractivity contribution in [2.45, 2.75) is 51.6 Å². The second-order valence-electron chi connectivity index (χ2n) is 8.65. The number of alkyl halides is 3. The maximum absolute atomic E-state index is 13.0. The molecule has 0 bridgehead atoms. The molecule has 1 aliphatic carbocycles. The molecule has 2 aromatic carbocycles. The summed E-state index contributed by atoms with van der Waals surface area (Å²) in [7, 11) is 0. The van der Waals surface area contributed by atoms with Gasteiger partial charge in [0.15, 0.2) is 0 Å². The number of fused-ring (bicyclic) bond motifs is 1. The van der Waals surface area contributed by atoms with Crippen molar-refractivity contribution >= 4 is 17.8 Å². The summed E-state index contributed by atoms with van der Waals surface area (Å²) in [5.74, 6) is -3.67. The van der Waals surface area contributed by atoms with Gasteiger partial charge in [-0.2, -0.15) is 13.2 Å². The summed E-state index contributed by atoms with van der Waals surface area (Å²) < 4.78 is 44.3. The Bertz CT molecular complexity index is 999. The quantitative estimate of drug-likeness (QED) is 0.624. The van der Waals surface area contributed by atoms with Gasteiger partial charge in [-0.25, -0.2) is 4.79 Å². The Morgan fingerprint density at radius 2 is 1.56 bits per heavy atom. The third-order valence-corrected chi connectivity index (χ3v) is 5.77. The number of ether oxygens (including phenoxy) is 1. The lowest BCUT2D eigenvalue weighted by Gasteiger charge is -2.29. The molecule has 1 N–H and O–H groups in total. The molecule has 0 saturated heterocycles. The summed E-state index contributed by atoms with van der Waals surface area (Å²) in [5, 5.41) is 2.17. The predicted octanol–water partition coefficient (Wildman–Crippen LogP) is 4.06. The smallest absolute Gasteiger partial charge is 0.445 e. The highest BCUT2D eigenvalue weighted by Gasteiger charge is 2.45. The molecule has 1 unspecified atom stereocenters. The number of rotatable bonds is 8. The lowest BCUT2D eigenvalue weighted by molar-refractivity contribution is -0.174. The minimum absolute atomic E-state index is 0.0152. The molecular weight excluding hydrogens is 449 g/mol. The second-order valence-corrected chi connectivity index (χ2v) is 8.65. The van der Waals surface area contributed by atoms with E-state index in [0.29, 0.717) is 12.8 Å². The molecule has 9 heteroatoms. The van der Waals surface area contributed by atoms with Crippen molar-refractivity contribution in [3.8, 4) is 0 Å². The van der Waals surface area contributed by atoms with Crippen LogP contribution in [-0.2, 0) is 33.8 Å². The molecule has 0 fully saturated rings. The summed E-state index contributed by atoms with van der Waals surface area (Å²) in [6, 6.07) is 14.5. The molecule has 2 aromatic rings. The Kier molecular flexibility index (Phi) is 7.96. The van der Waals surface area contributed by atoms with E-state index in [1.807, 2.05) is 30.3 Å². The molecule has 0 heterocycles. The molecule has 0 aliphatic heterocycles. The summed E-state index contributed by atoms with van der Waals surface area (Å²) in [6.07, 6.45) is -4.86. The van der Waals surface area contributed by atoms with E-state index in [2.05, 4.69) is 5.32 Å². The first kappa shape index (κ1) is 25.3. The first-order valence-electron chi connectivity index (χ1n) is 11.0. The third kappa shape index (κ3) is 6.36. The van der Waals surface area contributed by atoms with E-state index in [-0.39, 0.29) is 6.61 Å². The van der Waals surface area contributed by atoms with Crippen LogP contribution in [0.1, 0.15) is 30.5 Å². The van der Waals surface area contributed by atoms with E-state index in [1.165, 1.54) is 18.7 Å². The normalized spacial score (nSPS) is 14.4. The number of Topliss-reactive ketones (excluding diaryl/α,β-unsaturated/α-hetero) is 1. The Hall–Kier alpha value is -3.36. The number of amides is 2. The number of carbonyl (C=O) groups is 3. The fourth-order valence-corrected chi connectivity index (χ4v) is 3.99. The topological polar surface area (TPSA) is 75.7 Å². The van der Waals surface area contributed by atoms with Crippen molar-refractivity contribution in [2.75, 3.05) is 6.54 Å². The first-order valence-corrected chi connectivity index (χ1v) is 11.0. The number of benzene rings is 2. The second kappa shape index (κ2) is 10.7. The number of halogens is 3. The van der Waals surface area contributed by atoms with Gasteiger partial charge in [0.1, 0.15) is 13.2 Å². The van der Waals surface area contributed by atoms with Crippen LogP contribution in [0.5, 0.6) is 0 Å². The lowest BCUT2D eigenvalue weighted by atomic mass is 9.99. The molecule has 0 saturated carbocycles. The largest absolute Gasteiger partial charge is 0.452 e. The van der Waals surface area contributed by atoms with Gasteiger partial charge >= 0.3 is 12.3 Å². The van der Waals surface area contributed by atoms with Crippen LogP contribution in [0.15, 0.2) is 54.6 Å². The lowest BCUT2D eigenvalue weighted by Crippen LogP contribution is -2.54. The van der Waals surface area contributed by atoms with Crippen molar-refractivity contribution in [3.63, 3.8) is 0 Å². The van der Waals surface area contributed by atoms with E-state index in [1.54, 1.807) is 24.3 Å². The van der Waals surface area contributed by atoms with Crippen molar-refractivity contribution in [1.82, 2.24) is 10.2 Å². The van der Waals surface area contributed by atoms with Crippen LogP contribution < -0.4 is 5.32 Å². The molecule has 1 atom stereocenters. The van der Waals surface area contributed by atoms with Gasteiger partial charge in [0.05, 0.1) is 6.04 Å². The fourth-order valence-electron chi connectivity index (χ4n) is 3.99. The van der Waals surface area contributed by atoms with Crippen LogP contribution in [0.3, 0.4) is 0 Å². The highest BCUT2D eigenvalue weighted by Crippen LogP contribution is 2.26. The number of nitrogens with one attached hydrogen (secondary N) is 1. The van der Waals surface area contributed by atoms with E-state index in [4.69, 9.17) is 4.74 Å². The van der Waals surface area contributed by atoms with Crippen LogP contribution in [0, 0.1) is 5.92 Å². The summed E-state index contributed by atoms with van der Waals surface area (Å²) in [5.41, 5.74) is 2.81. The number of carbonyl (C=O) groups excluding carboxylic acids is 3. The minimum Gasteiger partial charge on any atom is -0.445 e. The molecule has 6 nitrogen and oxygen atoms in total. The van der Waals surface area contributed by atoms with Gasteiger partial charge in [-0.1, -0.05) is 68.4 Å².